The van der Waals surface area contributed by atoms with Crippen LogP contribution in [0.2, 0.25) is 0 Å². The zero-order chi connectivity index (χ0) is 12.7. The molecule has 0 aromatic heterocycles. The van der Waals surface area contributed by atoms with Gasteiger partial charge in [0.25, 0.3) is 5.91 Å². The summed E-state index contributed by atoms with van der Waals surface area (Å²) in [6.07, 6.45) is 2.30. The second-order valence-electron chi connectivity index (χ2n) is 3.18. The molecule has 0 heterocycles. The summed E-state index contributed by atoms with van der Waals surface area (Å²) in [5, 5.41) is 2.58. The van der Waals surface area contributed by atoms with Crippen LogP contribution in [0.1, 0.15) is 10.4 Å². The van der Waals surface area contributed by atoms with E-state index in [9.17, 15) is 9.59 Å². The summed E-state index contributed by atoms with van der Waals surface area (Å²) in [6, 6.07) is 4.94. The summed E-state index contributed by atoms with van der Waals surface area (Å²) >= 11 is 3.23. The minimum atomic E-state index is -0.236. The van der Waals surface area contributed by atoms with Crippen molar-refractivity contribution in [1.29, 1.82) is 0 Å². The third-order valence-electron chi connectivity index (χ3n) is 1.91. The van der Waals surface area contributed by atoms with E-state index in [0.29, 0.717) is 28.6 Å². The molecule has 0 fully saturated rings. The van der Waals surface area contributed by atoms with Crippen LogP contribution < -0.4 is 10.1 Å². The van der Waals surface area contributed by atoms with Crippen molar-refractivity contribution in [3.63, 3.8) is 0 Å². The summed E-state index contributed by atoms with van der Waals surface area (Å²) < 4.78 is 5.93. The quantitative estimate of drug-likeness (QED) is 0.645. The van der Waals surface area contributed by atoms with E-state index in [4.69, 9.17) is 4.74 Å². The van der Waals surface area contributed by atoms with E-state index in [2.05, 4.69) is 27.8 Å². The number of carbonyl (C=O) groups is 2. The van der Waals surface area contributed by atoms with Gasteiger partial charge in [0.1, 0.15) is 5.75 Å². The molecular weight excluding hydrogens is 286 g/mol. The van der Waals surface area contributed by atoms with Crippen LogP contribution in [-0.2, 0) is 4.79 Å². The van der Waals surface area contributed by atoms with Crippen molar-refractivity contribution in [3.8, 4) is 5.75 Å². The average molecular weight is 298 g/mol. The molecule has 17 heavy (non-hydrogen) atoms. The Balaban J connectivity index is 2.54. The van der Waals surface area contributed by atoms with Crippen molar-refractivity contribution < 1.29 is 14.3 Å². The monoisotopic (exact) mass is 297 g/mol. The molecule has 0 saturated heterocycles. The number of carbonyl (C=O) groups excluding carboxylic acids is 2. The molecule has 4 nitrogen and oxygen atoms in total. The molecule has 1 rings (SSSR count). The van der Waals surface area contributed by atoms with Crippen LogP contribution in [0.3, 0.4) is 0 Å². The van der Waals surface area contributed by atoms with Crippen LogP contribution >= 0.6 is 15.9 Å². The van der Waals surface area contributed by atoms with Crippen LogP contribution in [-0.4, -0.2) is 25.3 Å². The van der Waals surface area contributed by atoms with Gasteiger partial charge < -0.3 is 10.1 Å². The van der Waals surface area contributed by atoms with Gasteiger partial charge in [0.2, 0.25) is 0 Å². The van der Waals surface area contributed by atoms with Crippen molar-refractivity contribution in [2.24, 2.45) is 0 Å². The first-order chi connectivity index (χ1) is 8.17. The van der Waals surface area contributed by atoms with Crippen molar-refractivity contribution >= 4 is 28.1 Å². The molecule has 90 valence electrons. The zero-order valence-corrected chi connectivity index (χ0v) is 10.7. The average Bonchev–Trinajstić information content (AvgIpc) is 2.35. The highest BCUT2D eigenvalue weighted by Crippen LogP contribution is 2.20. The van der Waals surface area contributed by atoms with E-state index >= 15 is 0 Å². The van der Waals surface area contributed by atoms with E-state index in [1.807, 2.05) is 0 Å². The van der Waals surface area contributed by atoms with Gasteiger partial charge in [-0.2, -0.15) is 0 Å². The molecule has 0 aliphatic heterocycles. The minimum Gasteiger partial charge on any atom is -0.484 e. The van der Waals surface area contributed by atoms with Gasteiger partial charge in [-0.1, -0.05) is 22.0 Å². The summed E-state index contributed by atoms with van der Waals surface area (Å²) in [6.45, 7) is 3.80. The molecule has 1 N–H and O–H groups in total. The smallest absolute Gasteiger partial charge is 0.258 e. The first-order valence-corrected chi connectivity index (χ1v) is 5.71. The number of hydrogen-bond donors (Lipinski definition) is 1. The highest BCUT2D eigenvalue weighted by Gasteiger charge is 2.04. The second kappa shape index (κ2) is 6.85. The fourth-order valence-electron chi connectivity index (χ4n) is 1.09. The van der Waals surface area contributed by atoms with Gasteiger partial charge >= 0.3 is 0 Å². The normalized spacial score (nSPS) is 9.47. The Morgan fingerprint density at radius 2 is 2.29 bits per heavy atom. The predicted molar refractivity (Wildman–Crippen MR) is 68.2 cm³/mol. The number of aldehydes is 1. The van der Waals surface area contributed by atoms with Gasteiger partial charge in [-0.15, -0.1) is 6.58 Å². The van der Waals surface area contributed by atoms with E-state index in [1.54, 1.807) is 24.3 Å². The van der Waals surface area contributed by atoms with Gasteiger partial charge in [-0.25, -0.2) is 0 Å². The van der Waals surface area contributed by atoms with Crippen LogP contribution in [0.15, 0.2) is 35.3 Å². The number of rotatable bonds is 6. The molecule has 0 saturated carbocycles. The number of amides is 1. The predicted octanol–water partition coefficient (Wildman–Crippen LogP) is 1.94. The lowest BCUT2D eigenvalue weighted by atomic mass is 10.2. The lowest BCUT2D eigenvalue weighted by Gasteiger charge is -2.07. The fourth-order valence-corrected chi connectivity index (χ4v) is 1.43. The largest absolute Gasteiger partial charge is 0.484 e. The first kappa shape index (κ1) is 13.4. The van der Waals surface area contributed by atoms with Crippen LogP contribution in [0, 0.1) is 0 Å². The summed E-state index contributed by atoms with van der Waals surface area (Å²) in [7, 11) is 0. The van der Waals surface area contributed by atoms with Crippen molar-refractivity contribution in [2.45, 2.75) is 0 Å². The van der Waals surface area contributed by atoms with Gasteiger partial charge in [0.05, 0.1) is 0 Å². The Bertz CT molecular complexity index is 432. The lowest BCUT2D eigenvalue weighted by molar-refractivity contribution is -0.122. The summed E-state index contributed by atoms with van der Waals surface area (Å²) in [5.74, 6) is 0.240. The van der Waals surface area contributed by atoms with Crippen molar-refractivity contribution in [3.05, 3.63) is 40.9 Å². The minimum absolute atomic E-state index is 0.0895. The second-order valence-corrected chi connectivity index (χ2v) is 4.04. The van der Waals surface area contributed by atoms with Gasteiger partial charge in [-0.05, 0) is 18.2 Å². The van der Waals surface area contributed by atoms with Gasteiger partial charge in [0.15, 0.2) is 12.9 Å². The summed E-state index contributed by atoms with van der Waals surface area (Å²) in [5.41, 5.74) is 0.481. The van der Waals surface area contributed by atoms with Crippen LogP contribution in [0.5, 0.6) is 5.75 Å². The zero-order valence-electron chi connectivity index (χ0n) is 9.11. The highest BCUT2D eigenvalue weighted by molar-refractivity contribution is 9.10. The number of benzene rings is 1. The molecule has 1 aromatic carbocycles. The van der Waals surface area contributed by atoms with Crippen molar-refractivity contribution in [1.82, 2.24) is 5.32 Å². The van der Waals surface area contributed by atoms with E-state index in [1.165, 1.54) is 0 Å². The molecule has 0 atom stereocenters. The van der Waals surface area contributed by atoms with E-state index in [-0.39, 0.29) is 12.5 Å². The third-order valence-corrected chi connectivity index (χ3v) is 2.63. The Morgan fingerprint density at radius 1 is 1.53 bits per heavy atom. The fraction of sp³-hybridized carbons (Fsp3) is 0.167. The van der Waals surface area contributed by atoms with Crippen LogP contribution in [0.4, 0.5) is 0 Å². The van der Waals surface area contributed by atoms with Crippen LogP contribution in [0.25, 0.3) is 0 Å². The molecule has 0 unspecified atom stereocenters. The highest BCUT2D eigenvalue weighted by atomic mass is 79.9. The van der Waals surface area contributed by atoms with Gasteiger partial charge in [0, 0.05) is 16.6 Å². The molecule has 0 radical (unpaired) electrons. The van der Waals surface area contributed by atoms with E-state index < -0.39 is 0 Å². The van der Waals surface area contributed by atoms with E-state index in [0.717, 1.165) is 0 Å². The van der Waals surface area contributed by atoms with Crippen molar-refractivity contribution in [2.75, 3.05) is 13.2 Å². The number of hydrogen-bond acceptors (Lipinski definition) is 3. The number of nitrogens with one attached hydrogen (secondary N) is 1. The molecule has 0 aliphatic rings. The maximum Gasteiger partial charge on any atom is 0.258 e. The topological polar surface area (TPSA) is 55.4 Å². The molecular formula is C12H12BrNO3. The van der Waals surface area contributed by atoms with Gasteiger partial charge in [-0.3, -0.25) is 9.59 Å². The molecule has 1 aromatic rings. The molecule has 0 aliphatic carbocycles. The molecule has 0 bridgehead atoms. The molecule has 0 spiro atoms. The Morgan fingerprint density at radius 3 is 2.94 bits per heavy atom. The standard InChI is InChI=1S/C12H12BrNO3/c1-2-5-14-12(16)8-17-10-3-4-11(13)9(6-10)7-15/h2-4,6-7H,1,5,8H2,(H,14,16). The molecule has 1 amide bonds. The number of halogens is 1. The first-order valence-electron chi connectivity index (χ1n) is 4.92. The SMILES string of the molecule is C=CCNC(=O)COc1ccc(Br)c(C=O)c1. The lowest BCUT2D eigenvalue weighted by Crippen LogP contribution is -2.28. The Kier molecular flexibility index (Phi) is 5.42. The molecule has 5 heteroatoms. The Hall–Kier alpha value is -1.62. The third kappa shape index (κ3) is 4.40. The summed E-state index contributed by atoms with van der Waals surface area (Å²) in [4.78, 5) is 21.9. The maximum absolute atomic E-state index is 11.2. The number of ether oxygens (including phenoxy) is 1. The Labute approximate surface area is 108 Å². The maximum atomic E-state index is 11.2.